The van der Waals surface area contributed by atoms with Crippen molar-refractivity contribution >= 4 is 33.0 Å². The van der Waals surface area contributed by atoms with Crippen molar-refractivity contribution in [3.05, 3.63) is 47.5 Å². The molecule has 0 fully saturated rings. The quantitative estimate of drug-likeness (QED) is 0.575. The molecule has 1 aliphatic rings. The Bertz CT molecular complexity index is 1370. The Morgan fingerprint density at radius 2 is 1.79 bits per heavy atom. The smallest absolute Gasteiger partial charge is 0.416 e. The minimum Gasteiger partial charge on any atom is -0.507 e. The number of hydrogen-bond acceptors (Lipinski definition) is 8. The van der Waals surface area contributed by atoms with Crippen LogP contribution >= 0.6 is 11.3 Å². The second-order valence-corrected chi connectivity index (χ2v) is 8.06. The minimum absolute atomic E-state index is 0.103. The van der Waals surface area contributed by atoms with Gasteiger partial charge in [-0.3, -0.25) is 0 Å². The minimum atomic E-state index is -4.47. The van der Waals surface area contributed by atoms with Crippen LogP contribution in [0.4, 0.5) is 13.2 Å². The van der Waals surface area contributed by atoms with Gasteiger partial charge in [0.2, 0.25) is 5.66 Å². The van der Waals surface area contributed by atoms with Gasteiger partial charge in [-0.2, -0.15) is 23.7 Å². The van der Waals surface area contributed by atoms with Crippen molar-refractivity contribution < 1.29 is 23.0 Å². The van der Waals surface area contributed by atoms with Gasteiger partial charge in [0.1, 0.15) is 22.9 Å². The molecule has 0 spiro atoms. The highest BCUT2D eigenvalue weighted by Crippen LogP contribution is 2.41. The molecular formula is C22H14F3N5O2S. The first-order chi connectivity index (χ1) is 15.7. The van der Waals surface area contributed by atoms with E-state index in [2.05, 4.69) is 15.0 Å². The standard InChI is InChI=1S/C22H14F3N5O2S/c1-2-32-11-21(29-16(9-26)17(10-27)30-21)14-5-3-12(7-18(14)31)20-28-15-8-13(22(23,24)25)4-6-19(15)33-20/h3-8,31H,2,11H2,1H3. The predicted octanol–water partition coefficient (Wildman–Crippen LogP) is 4.82. The number of fused-ring (bicyclic) bond motifs is 1. The van der Waals surface area contributed by atoms with Crippen LogP contribution in [-0.2, 0) is 16.6 Å². The van der Waals surface area contributed by atoms with Crippen LogP contribution in [0.15, 0.2) is 46.4 Å². The van der Waals surface area contributed by atoms with E-state index in [1.54, 1.807) is 13.0 Å². The van der Waals surface area contributed by atoms with Crippen molar-refractivity contribution in [3.63, 3.8) is 0 Å². The van der Waals surface area contributed by atoms with Gasteiger partial charge >= 0.3 is 6.18 Å². The van der Waals surface area contributed by atoms with Crippen molar-refractivity contribution in [1.82, 2.24) is 4.98 Å². The highest BCUT2D eigenvalue weighted by Gasteiger charge is 2.41. The molecule has 2 heterocycles. The van der Waals surface area contributed by atoms with Crippen molar-refractivity contribution in [2.45, 2.75) is 18.8 Å². The summed E-state index contributed by atoms with van der Waals surface area (Å²) < 4.78 is 45.0. The van der Waals surface area contributed by atoms with Gasteiger partial charge in [-0.05, 0) is 31.2 Å². The van der Waals surface area contributed by atoms with Gasteiger partial charge < -0.3 is 9.84 Å². The highest BCUT2D eigenvalue weighted by molar-refractivity contribution is 7.21. The second kappa shape index (κ2) is 8.28. The molecule has 0 unspecified atom stereocenters. The normalized spacial score (nSPS) is 15.1. The number of halogens is 3. The molecule has 0 aliphatic carbocycles. The molecular weight excluding hydrogens is 455 g/mol. The molecule has 166 valence electrons. The van der Waals surface area contributed by atoms with Gasteiger partial charge in [0.15, 0.2) is 11.4 Å². The fourth-order valence-electron chi connectivity index (χ4n) is 3.39. The Balaban J connectivity index is 1.77. The second-order valence-electron chi connectivity index (χ2n) is 7.03. The molecule has 7 nitrogen and oxygen atoms in total. The summed E-state index contributed by atoms with van der Waals surface area (Å²) >= 11 is 1.18. The summed E-state index contributed by atoms with van der Waals surface area (Å²) in [6.45, 7) is 1.97. The summed E-state index contributed by atoms with van der Waals surface area (Å²) in [6, 6.07) is 11.5. The zero-order valence-electron chi connectivity index (χ0n) is 17.0. The maximum Gasteiger partial charge on any atom is 0.416 e. The van der Waals surface area contributed by atoms with Crippen LogP contribution in [-0.4, -0.2) is 34.7 Å². The van der Waals surface area contributed by atoms with Crippen LogP contribution in [0.5, 0.6) is 5.75 Å². The van der Waals surface area contributed by atoms with E-state index >= 15 is 0 Å². The zero-order chi connectivity index (χ0) is 23.8. The van der Waals surface area contributed by atoms with E-state index in [0.29, 0.717) is 21.9 Å². The molecule has 33 heavy (non-hydrogen) atoms. The number of ether oxygens (including phenoxy) is 1. The van der Waals surface area contributed by atoms with Gasteiger partial charge in [-0.25, -0.2) is 15.0 Å². The fourth-order valence-corrected chi connectivity index (χ4v) is 4.34. The maximum absolute atomic E-state index is 13.0. The number of aliphatic imine (C=N–C) groups is 2. The topological polar surface area (TPSA) is 115 Å². The number of nitrogens with zero attached hydrogens (tertiary/aromatic N) is 5. The molecule has 3 aromatic rings. The third-order valence-electron chi connectivity index (χ3n) is 4.93. The third-order valence-corrected chi connectivity index (χ3v) is 6.01. The lowest BCUT2D eigenvalue weighted by Gasteiger charge is -2.24. The van der Waals surface area contributed by atoms with Crippen LogP contribution in [0.2, 0.25) is 0 Å². The van der Waals surface area contributed by atoms with Crippen molar-refractivity contribution in [1.29, 1.82) is 10.5 Å². The summed E-state index contributed by atoms with van der Waals surface area (Å²) in [5.41, 5.74) is -1.71. The van der Waals surface area contributed by atoms with Crippen LogP contribution < -0.4 is 0 Å². The summed E-state index contributed by atoms with van der Waals surface area (Å²) in [5.74, 6) is -0.230. The number of aromatic hydroxyl groups is 1. The molecule has 1 aromatic heterocycles. The van der Waals surface area contributed by atoms with Crippen LogP contribution in [0.25, 0.3) is 20.8 Å². The average molecular weight is 469 g/mol. The summed E-state index contributed by atoms with van der Waals surface area (Å²) in [4.78, 5) is 12.8. The number of alkyl halides is 3. The van der Waals surface area contributed by atoms with E-state index in [1.165, 1.54) is 29.5 Å². The Morgan fingerprint density at radius 3 is 2.36 bits per heavy atom. The number of thiazole rings is 1. The van der Waals surface area contributed by atoms with Crippen LogP contribution in [0, 0.1) is 22.7 Å². The lowest BCUT2D eigenvalue weighted by molar-refractivity contribution is -0.137. The number of aromatic nitrogens is 1. The van der Waals surface area contributed by atoms with Gasteiger partial charge in [-0.1, -0.05) is 12.1 Å². The molecule has 0 saturated carbocycles. The van der Waals surface area contributed by atoms with Gasteiger partial charge in [0.05, 0.1) is 22.4 Å². The first-order valence-corrected chi connectivity index (χ1v) is 10.4. The van der Waals surface area contributed by atoms with Crippen molar-refractivity contribution in [2.24, 2.45) is 9.98 Å². The lowest BCUT2D eigenvalue weighted by atomic mass is 9.98. The molecule has 0 saturated heterocycles. The molecule has 2 aromatic carbocycles. The van der Waals surface area contributed by atoms with E-state index in [0.717, 1.165) is 12.1 Å². The SMILES string of the molecule is CCOCC1(c2ccc(-c3nc4cc(C(F)(F)F)ccc4s3)cc2O)N=C(C#N)C(C#N)=N1. The van der Waals surface area contributed by atoms with E-state index in [1.807, 2.05) is 12.1 Å². The number of benzene rings is 2. The molecule has 4 rings (SSSR count). The van der Waals surface area contributed by atoms with Crippen LogP contribution in [0.3, 0.4) is 0 Å². The Labute approximate surface area is 189 Å². The van der Waals surface area contributed by atoms with Crippen molar-refractivity contribution in [2.75, 3.05) is 13.2 Å². The number of rotatable bonds is 5. The number of phenolic OH excluding ortho intramolecular Hbond substituents is 1. The molecule has 0 bridgehead atoms. The molecule has 0 amide bonds. The molecule has 0 radical (unpaired) electrons. The number of hydrogen-bond donors (Lipinski definition) is 1. The number of phenols is 1. The van der Waals surface area contributed by atoms with Gasteiger partial charge in [0, 0.05) is 17.7 Å². The van der Waals surface area contributed by atoms with Crippen LogP contribution in [0.1, 0.15) is 18.1 Å². The molecule has 1 aliphatic heterocycles. The van der Waals surface area contributed by atoms with E-state index in [9.17, 15) is 28.8 Å². The van der Waals surface area contributed by atoms with E-state index < -0.39 is 17.4 Å². The first-order valence-electron chi connectivity index (χ1n) is 9.60. The highest BCUT2D eigenvalue weighted by atomic mass is 32.1. The molecule has 0 atom stereocenters. The van der Waals surface area contributed by atoms with E-state index in [-0.39, 0.29) is 34.9 Å². The third kappa shape index (κ3) is 4.04. The molecule has 1 N–H and O–H groups in total. The monoisotopic (exact) mass is 469 g/mol. The Morgan fingerprint density at radius 1 is 1.09 bits per heavy atom. The summed E-state index contributed by atoms with van der Waals surface area (Å²) in [7, 11) is 0. The number of nitriles is 2. The molecule has 11 heteroatoms. The summed E-state index contributed by atoms with van der Waals surface area (Å²) in [6.07, 6.45) is -4.47. The lowest BCUT2D eigenvalue weighted by Crippen LogP contribution is -2.26. The Kier molecular flexibility index (Phi) is 5.62. The van der Waals surface area contributed by atoms with Gasteiger partial charge in [-0.15, -0.1) is 11.3 Å². The average Bonchev–Trinajstić information content (AvgIpc) is 3.38. The maximum atomic E-state index is 13.0. The van der Waals surface area contributed by atoms with Gasteiger partial charge in [0.25, 0.3) is 0 Å². The fraction of sp³-hybridized carbons (Fsp3) is 0.227. The predicted molar refractivity (Wildman–Crippen MR) is 116 cm³/mol. The van der Waals surface area contributed by atoms with Crippen molar-refractivity contribution in [3.8, 4) is 28.5 Å². The first kappa shape index (κ1) is 22.4. The zero-order valence-corrected chi connectivity index (χ0v) is 17.8. The summed E-state index contributed by atoms with van der Waals surface area (Å²) in [5, 5.41) is 29.8. The largest absolute Gasteiger partial charge is 0.507 e. The Hall–Kier alpha value is -3.80. The van der Waals surface area contributed by atoms with E-state index in [4.69, 9.17) is 4.74 Å².